The lowest BCUT2D eigenvalue weighted by atomic mass is 10.0. The Morgan fingerprint density at radius 2 is 1.82 bits per heavy atom. The summed E-state index contributed by atoms with van der Waals surface area (Å²) >= 11 is 0. The quantitative estimate of drug-likeness (QED) is 0.603. The fourth-order valence-electron chi connectivity index (χ4n) is 3.47. The molecule has 3 aromatic rings. The summed E-state index contributed by atoms with van der Waals surface area (Å²) in [5, 5.41) is 10.2. The Morgan fingerprint density at radius 3 is 2.54 bits per heavy atom. The van der Waals surface area contributed by atoms with Crippen LogP contribution in [0.4, 0.5) is 0 Å². The summed E-state index contributed by atoms with van der Waals surface area (Å²) in [6, 6.07) is 10.0. The molecule has 0 amide bonds. The summed E-state index contributed by atoms with van der Waals surface area (Å²) in [6.45, 7) is 0. The summed E-state index contributed by atoms with van der Waals surface area (Å²) in [4.78, 5) is 29.4. The third kappa shape index (κ3) is 4.07. The number of nitrogens with zero attached hydrogens (tertiary/aromatic N) is 4. The standard InChI is InChI=1S/C20H27N5O3/c1-23-13-22-18-17(23)19(27)25(20(28)24(18)2)16(21)10-6-9-15(26)12-11-14-7-4-3-5-8-14/h3-5,7-8,13,15-16,26H,6,9-12,21H2,1-2H3. The molecule has 1 aromatic carbocycles. The highest BCUT2D eigenvalue weighted by atomic mass is 16.3. The molecule has 0 radical (unpaired) electrons. The van der Waals surface area contributed by atoms with Crippen molar-refractivity contribution in [1.82, 2.24) is 18.7 Å². The van der Waals surface area contributed by atoms with Crippen molar-refractivity contribution < 1.29 is 5.11 Å². The van der Waals surface area contributed by atoms with Gasteiger partial charge in [0.1, 0.15) is 0 Å². The maximum absolute atomic E-state index is 12.7. The molecule has 0 saturated carbocycles. The van der Waals surface area contributed by atoms with E-state index in [4.69, 9.17) is 5.73 Å². The molecule has 3 rings (SSSR count). The summed E-state index contributed by atoms with van der Waals surface area (Å²) in [5.41, 5.74) is 7.14. The normalized spacial score (nSPS) is 13.7. The van der Waals surface area contributed by atoms with Crippen LogP contribution in [0.3, 0.4) is 0 Å². The highest BCUT2D eigenvalue weighted by molar-refractivity contribution is 5.69. The van der Waals surface area contributed by atoms with Crippen molar-refractivity contribution in [2.24, 2.45) is 19.8 Å². The number of aryl methyl sites for hydroxylation is 3. The van der Waals surface area contributed by atoms with Crippen LogP contribution in [-0.2, 0) is 20.5 Å². The van der Waals surface area contributed by atoms with Crippen LogP contribution < -0.4 is 17.0 Å². The number of hydrogen-bond acceptors (Lipinski definition) is 5. The first kappa shape index (κ1) is 20.0. The van der Waals surface area contributed by atoms with Crippen molar-refractivity contribution in [3.8, 4) is 0 Å². The monoisotopic (exact) mass is 385 g/mol. The van der Waals surface area contributed by atoms with E-state index in [2.05, 4.69) is 4.98 Å². The van der Waals surface area contributed by atoms with Gasteiger partial charge in [0.05, 0.1) is 18.6 Å². The molecule has 0 bridgehead atoms. The molecule has 8 nitrogen and oxygen atoms in total. The number of nitrogens with two attached hydrogens (primary N) is 1. The van der Waals surface area contributed by atoms with E-state index >= 15 is 0 Å². The molecule has 2 aromatic heterocycles. The van der Waals surface area contributed by atoms with E-state index in [1.54, 1.807) is 18.7 Å². The van der Waals surface area contributed by atoms with Gasteiger partial charge in [0.15, 0.2) is 11.2 Å². The number of aromatic nitrogens is 4. The Labute approximate surface area is 162 Å². The molecule has 2 atom stereocenters. The average molecular weight is 385 g/mol. The molecule has 0 saturated heterocycles. The van der Waals surface area contributed by atoms with Gasteiger partial charge < -0.3 is 15.4 Å². The maximum Gasteiger partial charge on any atom is 0.333 e. The van der Waals surface area contributed by atoms with Gasteiger partial charge in [-0.15, -0.1) is 0 Å². The fraction of sp³-hybridized carbons (Fsp3) is 0.450. The zero-order valence-electron chi connectivity index (χ0n) is 16.3. The molecule has 2 unspecified atom stereocenters. The van der Waals surface area contributed by atoms with Crippen LogP contribution in [-0.4, -0.2) is 29.9 Å². The largest absolute Gasteiger partial charge is 0.393 e. The second kappa shape index (κ2) is 8.53. The van der Waals surface area contributed by atoms with Crippen molar-refractivity contribution in [3.05, 3.63) is 63.1 Å². The van der Waals surface area contributed by atoms with E-state index in [1.807, 2.05) is 30.3 Å². The van der Waals surface area contributed by atoms with Gasteiger partial charge in [-0.25, -0.2) is 14.3 Å². The molecular weight excluding hydrogens is 358 g/mol. The fourth-order valence-corrected chi connectivity index (χ4v) is 3.47. The third-order valence-electron chi connectivity index (χ3n) is 5.13. The van der Waals surface area contributed by atoms with E-state index < -0.39 is 23.5 Å². The van der Waals surface area contributed by atoms with Crippen molar-refractivity contribution >= 4 is 11.2 Å². The Hall–Kier alpha value is -2.71. The first-order chi connectivity index (χ1) is 13.4. The molecule has 2 heterocycles. The second-order valence-electron chi connectivity index (χ2n) is 7.22. The van der Waals surface area contributed by atoms with Gasteiger partial charge in [0.2, 0.25) is 0 Å². The van der Waals surface area contributed by atoms with E-state index in [0.717, 1.165) is 11.0 Å². The molecular formula is C20H27N5O3. The summed E-state index contributed by atoms with van der Waals surface area (Å²) in [7, 11) is 3.29. The van der Waals surface area contributed by atoms with Gasteiger partial charge in [0.25, 0.3) is 5.56 Å². The minimum absolute atomic E-state index is 0.345. The van der Waals surface area contributed by atoms with Crippen molar-refractivity contribution in [2.45, 2.75) is 44.4 Å². The summed E-state index contributed by atoms with van der Waals surface area (Å²) in [6.07, 6.45) is 3.43. The number of rotatable bonds is 8. The Morgan fingerprint density at radius 1 is 1.11 bits per heavy atom. The number of imidazole rings is 1. The maximum atomic E-state index is 12.7. The number of aliphatic hydroxyl groups is 1. The van der Waals surface area contributed by atoms with Crippen LogP contribution in [0.2, 0.25) is 0 Å². The molecule has 28 heavy (non-hydrogen) atoms. The molecule has 3 N–H and O–H groups in total. The van der Waals surface area contributed by atoms with Gasteiger partial charge in [-0.3, -0.25) is 9.36 Å². The molecule has 0 spiro atoms. The molecule has 0 aliphatic heterocycles. The van der Waals surface area contributed by atoms with Gasteiger partial charge in [-0.1, -0.05) is 30.3 Å². The van der Waals surface area contributed by atoms with Crippen LogP contribution in [0.15, 0.2) is 46.2 Å². The Kier molecular flexibility index (Phi) is 6.11. The lowest BCUT2D eigenvalue weighted by molar-refractivity contribution is 0.149. The molecule has 0 aliphatic carbocycles. The lowest BCUT2D eigenvalue weighted by Crippen LogP contribution is -2.44. The van der Waals surface area contributed by atoms with Gasteiger partial charge >= 0.3 is 5.69 Å². The van der Waals surface area contributed by atoms with E-state index in [9.17, 15) is 14.7 Å². The van der Waals surface area contributed by atoms with Crippen LogP contribution in [0.5, 0.6) is 0 Å². The predicted octanol–water partition coefficient (Wildman–Crippen LogP) is 1.05. The first-order valence-electron chi connectivity index (χ1n) is 9.50. The number of aliphatic hydroxyl groups excluding tert-OH is 1. The second-order valence-corrected chi connectivity index (χ2v) is 7.22. The third-order valence-corrected chi connectivity index (χ3v) is 5.13. The summed E-state index contributed by atoms with van der Waals surface area (Å²) < 4.78 is 4.01. The molecule has 150 valence electrons. The highest BCUT2D eigenvalue weighted by Gasteiger charge is 2.19. The van der Waals surface area contributed by atoms with Crippen molar-refractivity contribution in [1.29, 1.82) is 0 Å². The van der Waals surface area contributed by atoms with Crippen LogP contribution in [0.25, 0.3) is 11.2 Å². The smallest absolute Gasteiger partial charge is 0.333 e. The van der Waals surface area contributed by atoms with E-state index in [-0.39, 0.29) is 0 Å². The topological polar surface area (TPSA) is 108 Å². The zero-order chi connectivity index (χ0) is 20.3. The minimum atomic E-state index is -0.744. The average Bonchev–Trinajstić information content (AvgIpc) is 3.07. The number of hydrogen-bond donors (Lipinski definition) is 2. The number of benzene rings is 1. The van der Waals surface area contributed by atoms with Gasteiger partial charge in [-0.2, -0.15) is 0 Å². The van der Waals surface area contributed by atoms with Crippen LogP contribution in [0, 0.1) is 0 Å². The minimum Gasteiger partial charge on any atom is -0.393 e. The van der Waals surface area contributed by atoms with E-state index in [1.165, 1.54) is 16.5 Å². The van der Waals surface area contributed by atoms with Crippen LogP contribution in [0.1, 0.15) is 37.4 Å². The Bertz CT molecular complexity index is 1050. The van der Waals surface area contributed by atoms with Gasteiger partial charge in [-0.05, 0) is 37.7 Å². The van der Waals surface area contributed by atoms with E-state index in [0.29, 0.717) is 36.8 Å². The Balaban J connectivity index is 1.62. The molecule has 0 fully saturated rings. The van der Waals surface area contributed by atoms with Crippen molar-refractivity contribution in [3.63, 3.8) is 0 Å². The van der Waals surface area contributed by atoms with Crippen LogP contribution >= 0.6 is 0 Å². The molecule has 8 heteroatoms. The number of fused-ring (bicyclic) bond motifs is 1. The highest BCUT2D eigenvalue weighted by Crippen LogP contribution is 2.13. The lowest BCUT2D eigenvalue weighted by Gasteiger charge is -2.17. The predicted molar refractivity (Wildman–Crippen MR) is 108 cm³/mol. The zero-order valence-corrected chi connectivity index (χ0v) is 16.3. The van der Waals surface area contributed by atoms with Crippen molar-refractivity contribution in [2.75, 3.05) is 0 Å². The summed E-state index contributed by atoms with van der Waals surface area (Å²) in [5.74, 6) is 0. The SMILES string of the molecule is Cn1cnc2c1c(=O)n(C(N)CCCC(O)CCc1ccccc1)c(=O)n2C. The van der Waals surface area contributed by atoms with Gasteiger partial charge in [0, 0.05) is 14.1 Å². The molecule has 0 aliphatic rings. The first-order valence-corrected chi connectivity index (χ1v) is 9.50.